The van der Waals surface area contributed by atoms with Crippen LogP contribution in [-0.2, 0) is 0 Å². The summed E-state index contributed by atoms with van der Waals surface area (Å²) in [5.74, 6) is 3.89. The van der Waals surface area contributed by atoms with Gasteiger partial charge in [0.05, 0.1) is 0 Å². The zero-order valence-electron chi connectivity index (χ0n) is 17.9. The number of hydrogen-bond acceptors (Lipinski definition) is 0. The molecule has 3 fully saturated rings. The molecule has 8 atom stereocenters. The van der Waals surface area contributed by atoms with Crippen molar-refractivity contribution in [2.75, 3.05) is 0 Å². The van der Waals surface area contributed by atoms with Crippen molar-refractivity contribution in [2.45, 2.75) is 70.1 Å². The van der Waals surface area contributed by atoms with E-state index in [-0.39, 0.29) is 5.41 Å². The molecule has 3 saturated carbocycles. The first-order valence-corrected chi connectivity index (χ1v) is 12.1. The standard InChI is InChI=1S/C26H37I/c1-8-19(5)26(27)12-10-21-20-14-17(3)22-13-16(2)9-11-24(22,6)23(20)18(4)15-25(21,26)7/h9,11,13,17-18,20-21,23H,2,5,8,10,12,14-15H2,1,3-4,6-7H3/t17-,18-,20?,21?,23?,24-,25-,26-/m0/s1. The molecule has 0 spiro atoms. The fraction of sp³-hybridized carbons (Fsp3) is 0.692. The summed E-state index contributed by atoms with van der Waals surface area (Å²) in [6, 6.07) is 0. The predicted octanol–water partition coefficient (Wildman–Crippen LogP) is 7.91. The van der Waals surface area contributed by atoms with E-state index in [4.69, 9.17) is 0 Å². The van der Waals surface area contributed by atoms with Crippen LogP contribution in [0, 0.1) is 40.4 Å². The molecule has 0 nitrogen and oxygen atoms in total. The minimum atomic E-state index is 0.225. The maximum atomic E-state index is 4.56. The molecule has 27 heavy (non-hydrogen) atoms. The third kappa shape index (κ3) is 2.52. The highest BCUT2D eigenvalue weighted by Gasteiger charge is 2.65. The molecular formula is C26H37I. The summed E-state index contributed by atoms with van der Waals surface area (Å²) in [6.45, 7) is 21.3. The van der Waals surface area contributed by atoms with Crippen molar-refractivity contribution in [2.24, 2.45) is 40.4 Å². The van der Waals surface area contributed by atoms with Crippen LogP contribution in [0.3, 0.4) is 0 Å². The van der Waals surface area contributed by atoms with Gasteiger partial charge in [-0.1, -0.05) is 99.7 Å². The number of fused-ring (bicyclic) bond motifs is 5. The Morgan fingerprint density at radius 1 is 1.30 bits per heavy atom. The van der Waals surface area contributed by atoms with E-state index >= 15 is 0 Å². The van der Waals surface area contributed by atoms with Crippen LogP contribution >= 0.6 is 22.6 Å². The molecule has 148 valence electrons. The Labute approximate surface area is 180 Å². The number of alkyl halides is 1. The Morgan fingerprint density at radius 3 is 2.67 bits per heavy atom. The molecule has 3 unspecified atom stereocenters. The van der Waals surface area contributed by atoms with Crippen LogP contribution < -0.4 is 0 Å². The predicted molar refractivity (Wildman–Crippen MR) is 126 cm³/mol. The quantitative estimate of drug-likeness (QED) is 0.216. The van der Waals surface area contributed by atoms with E-state index in [1.807, 2.05) is 0 Å². The Hall–Kier alpha value is -0.310. The zero-order valence-corrected chi connectivity index (χ0v) is 20.1. The number of hydrogen-bond donors (Lipinski definition) is 0. The third-order valence-corrected chi connectivity index (χ3v) is 11.8. The lowest BCUT2D eigenvalue weighted by atomic mass is 9.43. The van der Waals surface area contributed by atoms with Crippen LogP contribution in [0.1, 0.15) is 66.7 Å². The molecule has 0 aliphatic heterocycles. The number of rotatable bonds is 2. The van der Waals surface area contributed by atoms with Gasteiger partial charge in [-0.3, -0.25) is 0 Å². The highest BCUT2D eigenvalue weighted by atomic mass is 127. The molecule has 4 aliphatic rings. The van der Waals surface area contributed by atoms with Gasteiger partial charge in [0.2, 0.25) is 0 Å². The first-order chi connectivity index (χ1) is 12.6. The summed E-state index contributed by atoms with van der Waals surface area (Å²) in [7, 11) is 0. The van der Waals surface area contributed by atoms with E-state index in [1.165, 1.54) is 36.8 Å². The minimum absolute atomic E-state index is 0.225. The van der Waals surface area contributed by atoms with Crippen LogP contribution in [0.25, 0.3) is 0 Å². The molecule has 0 N–H and O–H groups in total. The monoisotopic (exact) mass is 476 g/mol. The Kier molecular flexibility index (Phi) is 4.69. The number of halogens is 1. The van der Waals surface area contributed by atoms with E-state index in [9.17, 15) is 0 Å². The summed E-state index contributed by atoms with van der Waals surface area (Å²) in [6.07, 6.45) is 13.8. The van der Waals surface area contributed by atoms with E-state index in [2.05, 4.69) is 88.6 Å². The van der Waals surface area contributed by atoms with E-state index in [0.717, 1.165) is 30.1 Å². The van der Waals surface area contributed by atoms with Gasteiger partial charge in [0.15, 0.2) is 0 Å². The lowest BCUT2D eigenvalue weighted by molar-refractivity contribution is -0.0664. The van der Waals surface area contributed by atoms with Gasteiger partial charge in [-0.25, -0.2) is 0 Å². The van der Waals surface area contributed by atoms with E-state index in [0.29, 0.717) is 14.8 Å². The SMILES string of the molecule is C=C1C=C[C@@]2(C)C(=C1)[C@@H](C)CC1C2[C@@H](C)C[C@@]2(C)C1CC[C@]2(I)C(=C)CC. The fourth-order valence-corrected chi connectivity index (χ4v) is 9.53. The van der Waals surface area contributed by atoms with Gasteiger partial charge >= 0.3 is 0 Å². The van der Waals surface area contributed by atoms with Gasteiger partial charge in [0.25, 0.3) is 0 Å². The molecule has 0 amide bonds. The highest BCUT2D eigenvalue weighted by molar-refractivity contribution is 14.1. The normalized spacial score (nSPS) is 51.3. The topological polar surface area (TPSA) is 0 Å². The summed E-state index contributed by atoms with van der Waals surface area (Å²) in [4.78, 5) is 0. The largest absolute Gasteiger partial charge is 0.0985 e. The average molecular weight is 476 g/mol. The van der Waals surface area contributed by atoms with Crippen LogP contribution in [-0.4, -0.2) is 3.42 Å². The lowest BCUT2D eigenvalue weighted by Gasteiger charge is -2.62. The smallest absolute Gasteiger partial charge is 0.0483 e. The molecule has 0 saturated heterocycles. The molecule has 0 aromatic rings. The Morgan fingerprint density at radius 2 is 2.00 bits per heavy atom. The second-order valence-electron chi connectivity index (χ2n) is 10.6. The maximum absolute atomic E-state index is 4.56. The van der Waals surface area contributed by atoms with Crippen LogP contribution in [0.15, 0.2) is 48.1 Å². The van der Waals surface area contributed by atoms with Gasteiger partial charge in [0, 0.05) is 8.84 Å². The summed E-state index contributed by atoms with van der Waals surface area (Å²) in [5, 5.41) is 0. The van der Waals surface area contributed by atoms with Gasteiger partial charge < -0.3 is 0 Å². The average Bonchev–Trinajstić information content (AvgIpc) is 2.87. The van der Waals surface area contributed by atoms with Crippen LogP contribution in [0.2, 0.25) is 0 Å². The molecule has 0 aromatic heterocycles. The zero-order chi connectivity index (χ0) is 19.8. The van der Waals surface area contributed by atoms with Crippen LogP contribution in [0.4, 0.5) is 0 Å². The first kappa shape index (κ1) is 20.0. The molecule has 4 rings (SSSR count). The fourth-order valence-electron chi connectivity index (χ4n) is 8.22. The van der Waals surface area contributed by atoms with Crippen LogP contribution in [0.5, 0.6) is 0 Å². The molecule has 0 heterocycles. The van der Waals surface area contributed by atoms with Crippen molar-refractivity contribution < 1.29 is 0 Å². The summed E-state index contributed by atoms with van der Waals surface area (Å²) >= 11 is 2.83. The summed E-state index contributed by atoms with van der Waals surface area (Å²) in [5.41, 5.74) is 4.96. The molecule has 1 heteroatoms. The van der Waals surface area contributed by atoms with Crippen molar-refractivity contribution in [3.05, 3.63) is 48.1 Å². The third-order valence-electron chi connectivity index (χ3n) is 9.30. The Bertz CT molecular complexity index is 741. The van der Waals surface area contributed by atoms with E-state index < -0.39 is 0 Å². The van der Waals surface area contributed by atoms with Crippen molar-refractivity contribution in [1.82, 2.24) is 0 Å². The second kappa shape index (κ2) is 6.34. The van der Waals surface area contributed by atoms with Crippen molar-refractivity contribution >= 4 is 22.6 Å². The van der Waals surface area contributed by atoms with Crippen molar-refractivity contribution in [3.63, 3.8) is 0 Å². The highest BCUT2D eigenvalue weighted by Crippen LogP contribution is 2.72. The molecule has 4 aliphatic carbocycles. The maximum Gasteiger partial charge on any atom is 0.0483 e. The first-order valence-electron chi connectivity index (χ1n) is 11.1. The van der Waals surface area contributed by atoms with Gasteiger partial charge in [-0.05, 0) is 72.7 Å². The van der Waals surface area contributed by atoms with E-state index in [1.54, 1.807) is 5.57 Å². The summed E-state index contributed by atoms with van der Waals surface area (Å²) < 4.78 is 0.292. The molecule has 0 bridgehead atoms. The van der Waals surface area contributed by atoms with Crippen molar-refractivity contribution in [1.29, 1.82) is 0 Å². The second-order valence-corrected chi connectivity index (χ2v) is 12.5. The van der Waals surface area contributed by atoms with Gasteiger partial charge in [-0.15, -0.1) is 0 Å². The van der Waals surface area contributed by atoms with Gasteiger partial charge in [0.1, 0.15) is 0 Å². The van der Waals surface area contributed by atoms with Gasteiger partial charge in [-0.2, -0.15) is 0 Å². The molecule has 0 aromatic carbocycles. The van der Waals surface area contributed by atoms with Crippen molar-refractivity contribution in [3.8, 4) is 0 Å². The minimum Gasteiger partial charge on any atom is -0.0985 e. The molecule has 0 radical (unpaired) electrons. The Balaban J connectivity index is 1.78. The molecular weight excluding hydrogens is 439 g/mol. The lowest BCUT2D eigenvalue weighted by Crippen LogP contribution is -2.56. The number of allylic oxidation sites excluding steroid dienone is 6.